The van der Waals surface area contributed by atoms with Crippen molar-refractivity contribution in [3.05, 3.63) is 35.8 Å². The van der Waals surface area contributed by atoms with Crippen molar-refractivity contribution in [2.24, 2.45) is 0 Å². The van der Waals surface area contributed by atoms with Gasteiger partial charge in [-0.25, -0.2) is 0 Å². The Balaban J connectivity index is 2.47. The van der Waals surface area contributed by atoms with Crippen LogP contribution in [-0.2, 0) is 11.2 Å². The fourth-order valence-electron chi connectivity index (χ4n) is 2.34. The Labute approximate surface area is 98.0 Å². The highest BCUT2D eigenvalue weighted by atomic mass is 16.3. The van der Waals surface area contributed by atoms with E-state index in [0.29, 0.717) is 6.42 Å². The number of fused-ring (bicyclic) bond motifs is 2. The largest absolute Gasteiger partial charge is 0.464 e. The third kappa shape index (κ3) is 1.39. The van der Waals surface area contributed by atoms with Crippen molar-refractivity contribution in [3.63, 3.8) is 0 Å². The van der Waals surface area contributed by atoms with Crippen LogP contribution in [0.3, 0.4) is 0 Å². The molecule has 0 aliphatic heterocycles. The number of hydrogen-bond acceptors (Lipinski definition) is 3. The van der Waals surface area contributed by atoms with Gasteiger partial charge in [0.15, 0.2) is 0 Å². The molecular weight excluding hydrogens is 216 g/mol. The molecule has 1 aromatic carbocycles. The number of furan rings is 2. The minimum Gasteiger partial charge on any atom is -0.464 e. The average molecular weight is 228 g/mol. The number of rotatable bonds is 2. The lowest BCUT2D eigenvalue weighted by molar-refractivity contribution is -0.116. The SMILES string of the molecule is CC(=O)Cc1c2ccoc2c(C)c2ccoc12. The summed E-state index contributed by atoms with van der Waals surface area (Å²) in [5, 5.41) is 1.99. The zero-order chi connectivity index (χ0) is 12.0. The fourth-order valence-corrected chi connectivity index (χ4v) is 2.34. The summed E-state index contributed by atoms with van der Waals surface area (Å²) >= 11 is 0. The molecule has 2 aromatic heterocycles. The Morgan fingerprint density at radius 2 is 1.76 bits per heavy atom. The Kier molecular flexibility index (Phi) is 2.08. The molecule has 0 fully saturated rings. The smallest absolute Gasteiger partial charge is 0.138 e. The van der Waals surface area contributed by atoms with Crippen LogP contribution in [0, 0.1) is 6.92 Å². The highest BCUT2D eigenvalue weighted by Gasteiger charge is 2.16. The molecule has 0 amide bonds. The molecule has 2 heterocycles. The van der Waals surface area contributed by atoms with Gasteiger partial charge < -0.3 is 8.83 Å². The van der Waals surface area contributed by atoms with Crippen LogP contribution in [0.4, 0.5) is 0 Å². The Morgan fingerprint density at radius 1 is 1.12 bits per heavy atom. The van der Waals surface area contributed by atoms with Gasteiger partial charge in [0.1, 0.15) is 16.9 Å². The number of carbonyl (C=O) groups is 1. The molecule has 0 bridgehead atoms. The van der Waals surface area contributed by atoms with Crippen molar-refractivity contribution in [2.45, 2.75) is 20.3 Å². The minimum absolute atomic E-state index is 0.119. The van der Waals surface area contributed by atoms with Gasteiger partial charge in [-0.15, -0.1) is 0 Å². The van der Waals surface area contributed by atoms with E-state index in [1.807, 2.05) is 19.1 Å². The molecular formula is C14H12O3. The molecule has 0 unspecified atom stereocenters. The van der Waals surface area contributed by atoms with Crippen molar-refractivity contribution in [3.8, 4) is 0 Å². The Morgan fingerprint density at radius 3 is 2.47 bits per heavy atom. The van der Waals surface area contributed by atoms with Crippen LogP contribution in [0.2, 0.25) is 0 Å². The molecule has 3 aromatic rings. The molecule has 3 heteroatoms. The molecule has 86 valence electrons. The topological polar surface area (TPSA) is 43.4 Å². The molecule has 3 nitrogen and oxygen atoms in total. The molecule has 0 aliphatic rings. The maximum atomic E-state index is 11.4. The summed E-state index contributed by atoms with van der Waals surface area (Å²) in [4.78, 5) is 11.4. The predicted octanol–water partition coefficient (Wildman–Crippen LogP) is 3.62. The van der Waals surface area contributed by atoms with E-state index in [4.69, 9.17) is 8.83 Å². The maximum Gasteiger partial charge on any atom is 0.138 e. The second-order valence-corrected chi connectivity index (χ2v) is 4.31. The standard InChI is InChI=1S/C14H12O3/c1-8(15)7-12-11-4-6-16-13(11)9(2)10-3-5-17-14(10)12/h3-6H,7H2,1-2H3. The molecule has 0 radical (unpaired) electrons. The van der Waals surface area contributed by atoms with Crippen LogP contribution in [0.5, 0.6) is 0 Å². The van der Waals surface area contributed by atoms with Gasteiger partial charge in [-0.05, 0) is 26.0 Å². The summed E-state index contributed by atoms with van der Waals surface area (Å²) < 4.78 is 11.0. The summed E-state index contributed by atoms with van der Waals surface area (Å²) in [6.07, 6.45) is 3.68. The average Bonchev–Trinajstić information content (AvgIpc) is 2.92. The second-order valence-electron chi connectivity index (χ2n) is 4.31. The van der Waals surface area contributed by atoms with Crippen molar-refractivity contribution in [1.82, 2.24) is 0 Å². The van der Waals surface area contributed by atoms with E-state index in [0.717, 1.165) is 33.1 Å². The normalized spacial score (nSPS) is 11.4. The van der Waals surface area contributed by atoms with Gasteiger partial charge in [-0.1, -0.05) is 0 Å². The first-order chi connectivity index (χ1) is 8.18. The third-order valence-electron chi connectivity index (χ3n) is 3.10. The monoisotopic (exact) mass is 228 g/mol. The lowest BCUT2D eigenvalue weighted by Crippen LogP contribution is -1.98. The quantitative estimate of drug-likeness (QED) is 0.672. The van der Waals surface area contributed by atoms with Crippen LogP contribution < -0.4 is 0 Å². The molecule has 0 aliphatic carbocycles. The molecule has 0 atom stereocenters. The van der Waals surface area contributed by atoms with Gasteiger partial charge in [0.05, 0.1) is 12.5 Å². The van der Waals surface area contributed by atoms with E-state index in [9.17, 15) is 4.79 Å². The van der Waals surface area contributed by atoms with E-state index in [2.05, 4.69) is 0 Å². The second kappa shape index (κ2) is 3.48. The van der Waals surface area contributed by atoms with E-state index >= 15 is 0 Å². The number of Topliss-reactive ketones (excluding diaryl/α,β-unsaturated/α-hetero) is 1. The number of hydrogen-bond donors (Lipinski definition) is 0. The number of carbonyl (C=O) groups excluding carboxylic acids is 1. The Hall–Kier alpha value is -2.03. The van der Waals surface area contributed by atoms with Crippen LogP contribution in [-0.4, -0.2) is 5.78 Å². The maximum absolute atomic E-state index is 11.4. The van der Waals surface area contributed by atoms with Crippen LogP contribution in [0.1, 0.15) is 18.1 Å². The zero-order valence-electron chi connectivity index (χ0n) is 9.74. The van der Waals surface area contributed by atoms with Crippen molar-refractivity contribution in [2.75, 3.05) is 0 Å². The fraction of sp³-hybridized carbons (Fsp3) is 0.214. The molecule has 0 spiro atoms. The van der Waals surface area contributed by atoms with E-state index in [1.165, 1.54) is 0 Å². The third-order valence-corrected chi connectivity index (χ3v) is 3.10. The summed E-state index contributed by atoms with van der Waals surface area (Å²) in [6, 6.07) is 3.80. The van der Waals surface area contributed by atoms with Gasteiger partial charge in [-0.2, -0.15) is 0 Å². The highest BCUT2D eigenvalue weighted by Crippen LogP contribution is 2.34. The van der Waals surface area contributed by atoms with Crippen LogP contribution >= 0.6 is 0 Å². The number of aryl methyl sites for hydroxylation is 1. The summed E-state index contributed by atoms with van der Waals surface area (Å²) in [6.45, 7) is 3.59. The van der Waals surface area contributed by atoms with Gasteiger partial charge in [0, 0.05) is 28.3 Å². The van der Waals surface area contributed by atoms with E-state index in [-0.39, 0.29) is 5.78 Å². The first-order valence-corrected chi connectivity index (χ1v) is 5.53. The lowest BCUT2D eigenvalue weighted by Gasteiger charge is -2.04. The van der Waals surface area contributed by atoms with Gasteiger partial charge in [0.2, 0.25) is 0 Å². The van der Waals surface area contributed by atoms with Gasteiger partial charge in [0.25, 0.3) is 0 Å². The van der Waals surface area contributed by atoms with Gasteiger partial charge in [-0.3, -0.25) is 4.79 Å². The zero-order valence-corrected chi connectivity index (χ0v) is 9.74. The molecule has 3 rings (SSSR count). The molecule has 0 N–H and O–H groups in total. The number of ketones is 1. The molecule has 0 saturated heterocycles. The summed E-state index contributed by atoms with van der Waals surface area (Å²) in [5.74, 6) is 0.119. The Bertz CT molecular complexity index is 664. The van der Waals surface area contributed by atoms with Crippen LogP contribution in [0.15, 0.2) is 33.5 Å². The molecule has 17 heavy (non-hydrogen) atoms. The molecule has 0 saturated carbocycles. The van der Waals surface area contributed by atoms with Crippen molar-refractivity contribution < 1.29 is 13.6 Å². The first-order valence-electron chi connectivity index (χ1n) is 5.53. The first kappa shape index (κ1) is 10.1. The van der Waals surface area contributed by atoms with E-state index < -0.39 is 0 Å². The summed E-state index contributed by atoms with van der Waals surface area (Å²) in [5.41, 5.74) is 3.62. The van der Waals surface area contributed by atoms with Crippen molar-refractivity contribution >= 4 is 27.7 Å². The number of benzene rings is 1. The lowest BCUT2D eigenvalue weighted by atomic mass is 9.99. The predicted molar refractivity (Wildman–Crippen MR) is 65.1 cm³/mol. The summed E-state index contributed by atoms with van der Waals surface area (Å²) in [7, 11) is 0. The van der Waals surface area contributed by atoms with E-state index in [1.54, 1.807) is 19.5 Å². The van der Waals surface area contributed by atoms with Crippen molar-refractivity contribution in [1.29, 1.82) is 0 Å². The van der Waals surface area contributed by atoms with Crippen LogP contribution in [0.25, 0.3) is 21.9 Å². The highest BCUT2D eigenvalue weighted by molar-refractivity contribution is 6.03. The minimum atomic E-state index is 0.119. The van der Waals surface area contributed by atoms with Gasteiger partial charge >= 0.3 is 0 Å².